The van der Waals surface area contributed by atoms with E-state index in [4.69, 9.17) is 0 Å². The van der Waals surface area contributed by atoms with E-state index in [1.165, 1.54) is 132 Å². The van der Waals surface area contributed by atoms with Gasteiger partial charge in [0, 0.05) is 8.07 Å². The number of benzene rings is 4. The van der Waals surface area contributed by atoms with E-state index in [-0.39, 0.29) is 51.0 Å². The van der Waals surface area contributed by atoms with Gasteiger partial charge in [0.15, 0.2) is 0 Å². The molecule has 0 aromatic heterocycles. The van der Waals surface area contributed by atoms with Crippen molar-refractivity contribution in [1.82, 2.24) is 0 Å². The largest absolute Gasteiger partial charge is 4.00 e. The average Bonchev–Trinajstić information content (AvgIpc) is 3.72. The fourth-order valence-electron chi connectivity index (χ4n) is 8.97. The maximum absolute atomic E-state index is 2.70. The molecule has 4 heteroatoms. The molecule has 0 N–H and O–H groups in total. The summed E-state index contributed by atoms with van der Waals surface area (Å²) in [5.74, 6) is 0. The van der Waals surface area contributed by atoms with Gasteiger partial charge >= 0.3 is 26.2 Å². The summed E-state index contributed by atoms with van der Waals surface area (Å²) in [7, 11) is -2.28. The van der Waals surface area contributed by atoms with Crippen molar-refractivity contribution >= 4 is 40.0 Å². The topological polar surface area (TPSA) is 0 Å². The summed E-state index contributed by atoms with van der Waals surface area (Å²) in [6, 6.07) is 38.4. The van der Waals surface area contributed by atoms with E-state index in [9.17, 15) is 0 Å². The van der Waals surface area contributed by atoms with E-state index in [1.807, 2.05) is 0 Å². The number of hydrogen-bond acceptors (Lipinski definition) is 0. The molecule has 0 spiro atoms. The molecule has 0 saturated heterocycles. The van der Waals surface area contributed by atoms with E-state index in [0.29, 0.717) is 0 Å². The first kappa shape index (κ1) is 46.2. The summed E-state index contributed by atoms with van der Waals surface area (Å²) in [4.78, 5) is 0. The molecule has 0 aliphatic carbocycles. The normalized spacial score (nSPS) is 11.4. The number of halogens is 2. The molecule has 0 fully saturated rings. The molecular formula is C50H62Cl2SiZr. The van der Waals surface area contributed by atoms with E-state index >= 15 is 0 Å². The zero-order valence-corrected chi connectivity index (χ0v) is 38.9. The van der Waals surface area contributed by atoms with Crippen molar-refractivity contribution in [2.24, 2.45) is 0 Å². The van der Waals surface area contributed by atoms with Crippen LogP contribution in [0.5, 0.6) is 0 Å². The van der Waals surface area contributed by atoms with Gasteiger partial charge in [-0.25, -0.2) is 0 Å². The van der Waals surface area contributed by atoms with Crippen molar-refractivity contribution < 1.29 is 51.0 Å². The number of hydrogen-bond donors (Lipinski definition) is 0. The summed E-state index contributed by atoms with van der Waals surface area (Å²) in [5.41, 5.74) is 11.6. The van der Waals surface area contributed by atoms with Gasteiger partial charge in [-0.2, -0.15) is 10.4 Å². The maximum Gasteiger partial charge on any atom is 4.00 e. The molecule has 0 saturated carbocycles. The van der Waals surface area contributed by atoms with Crippen LogP contribution < -0.4 is 35.2 Å². The Bertz CT molecular complexity index is 1870. The Balaban J connectivity index is 0.00000261. The van der Waals surface area contributed by atoms with Gasteiger partial charge < -0.3 is 24.8 Å². The number of aryl methyl sites for hydroxylation is 4. The molecule has 0 aliphatic rings. The summed E-state index contributed by atoms with van der Waals surface area (Å²) >= 11 is 0. The Labute approximate surface area is 360 Å². The summed E-state index contributed by atoms with van der Waals surface area (Å²) in [5, 5.41) is 9.29. The molecule has 0 amide bonds. The van der Waals surface area contributed by atoms with Crippen LogP contribution in [0.25, 0.3) is 43.8 Å². The molecule has 6 aromatic rings. The van der Waals surface area contributed by atoms with Gasteiger partial charge in [0.25, 0.3) is 0 Å². The van der Waals surface area contributed by atoms with Crippen LogP contribution in [0, 0.1) is 0 Å². The maximum atomic E-state index is 2.70. The second-order valence-electron chi connectivity index (χ2n) is 15.8. The minimum atomic E-state index is -2.28. The molecule has 0 radical (unpaired) electrons. The van der Waals surface area contributed by atoms with Crippen molar-refractivity contribution in [3.63, 3.8) is 0 Å². The van der Waals surface area contributed by atoms with Crippen LogP contribution in [-0.2, 0) is 51.9 Å². The summed E-state index contributed by atoms with van der Waals surface area (Å²) < 4.78 is 0. The Morgan fingerprint density at radius 3 is 1.19 bits per heavy atom. The van der Waals surface area contributed by atoms with E-state index in [2.05, 4.69) is 138 Å². The quantitative estimate of drug-likeness (QED) is 0.0472. The van der Waals surface area contributed by atoms with E-state index in [0.717, 1.165) is 12.8 Å². The van der Waals surface area contributed by atoms with E-state index < -0.39 is 8.07 Å². The third kappa shape index (κ3) is 10.2. The molecule has 0 heterocycles. The zero-order valence-electron chi connectivity index (χ0n) is 33.9. The minimum absolute atomic E-state index is 0. The predicted molar refractivity (Wildman–Crippen MR) is 230 cm³/mol. The van der Waals surface area contributed by atoms with Gasteiger partial charge in [-0.05, 0) is 47.9 Å². The van der Waals surface area contributed by atoms with Gasteiger partial charge in [0.2, 0.25) is 0 Å². The van der Waals surface area contributed by atoms with Crippen LogP contribution in [0.4, 0.5) is 0 Å². The second kappa shape index (κ2) is 21.9. The van der Waals surface area contributed by atoms with Crippen LogP contribution in [0.15, 0.2) is 97.1 Å². The molecule has 0 atom stereocenters. The monoisotopic (exact) mass is 850 g/mol. The first-order chi connectivity index (χ1) is 24.9. The molecule has 0 aliphatic heterocycles. The smallest absolute Gasteiger partial charge is 1.00 e. The van der Waals surface area contributed by atoms with Crippen LogP contribution in [-0.4, -0.2) is 8.07 Å². The van der Waals surface area contributed by atoms with Gasteiger partial charge in [0.1, 0.15) is 0 Å². The molecule has 54 heavy (non-hydrogen) atoms. The Morgan fingerprint density at radius 2 is 0.833 bits per heavy atom. The van der Waals surface area contributed by atoms with Gasteiger partial charge in [0.05, 0.1) is 0 Å². The Morgan fingerprint density at radius 1 is 0.444 bits per heavy atom. The predicted octanol–water partition coefficient (Wildman–Crippen LogP) is 7.74. The third-order valence-electron chi connectivity index (χ3n) is 11.5. The average molecular weight is 853 g/mol. The molecule has 0 nitrogen and oxygen atoms in total. The fourth-order valence-corrected chi connectivity index (χ4v) is 13.0. The molecular weight excluding hydrogens is 791 g/mol. The molecule has 0 unspecified atom stereocenters. The SMILES string of the molecule is CCCCCCc1[cH-]c2cccc(-c3ccc(CCC)cc3)c2c1[Si](C)(C)c1c(CCCCCC)[cH-]c2cccc(-c3ccc(CCC)cc3)c12.[Cl-].[Cl-].[Zr+4]. The number of fused-ring (bicyclic) bond motifs is 2. The Hall–Kier alpha value is -2.22. The molecule has 0 bridgehead atoms. The van der Waals surface area contributed by atoms with Crippen molar-refractivity contribution in [3.05, 3.63) is 119 Å². The van der Waals surface area contributed by atoms with Crippen molar-refractivity contribution in [2.45, 2.75) is 131 Å². The molecule has 284 valence electrons. The van der Waals surface area contributed by atoms with Gasteiger partial charge in [-0.15, -0.1) is 69.1 Å². The van der Waals surface area contributed by atoms with Crippen molar-refractivity contribution in [3.8, 4) is 22.3 Å². The Kier molecular flexibility index (Phi) is 18.7. The third-order valence-corrected chi connectivity index (χ3v) is 15.1. The molecule has 6 aromatic carbocycles. The minimum Gasteiger partial charge on any atom is -1.00 e. The second-order valence-corrected chi connectivity index (χ2v) is 20.0. The standard InChI is InChI=1S/C50H62Si.2ClH.Zr/c1-7-11-13-15-21-43-35-41-23-17-25-45(39-31-27-37(19-9-3)28-32-39)47(41)49(43)51(5,6)50-44(22-16-14-12-8-2)36-42-24-18-26-46(48(42)50)40-33-29-38(20-10-4)30-34-40;;;/h17-18,23-36H,7-16,19-22H2,1-6H3;2*1H;/q-2;;;+4/p-2. The van der Waals surface area contributed by atoms with E-state index in [1.54, 1.807) is 21.5 Å². The van der Waals surface area contributed by atoms with Gasteiger partial charge in [-0.3, -0.25) is 0 Å². The fraction of sp³-hybridized carbons (Fsp3) is 0.400. The summed E-state index contributed by atoms with van der Waals surface area (Å²) in [6.07, 6.45) is 17.3. The van der Waals surface area contributed by atoms with Crippen molar-refractivity contribution in [1.29, 1.82) is 0 Å². The zero-order chi connectivity index (χ0) is 35.8. The number of unbranched alkanes of at least 4 members (excludes halogenated alkanes) is 6. The number of rotatable bonds is 18. The molecule has 6 rings (SSSR count). The van der Waals surface area contributed by atoms with Crippen LogP contribution in [0.2, 0.25) is 13.1 Å². The van der Waals surface area contributed by atoms with Gasteiger partial charge in [-0.1, -0.05) is 177 Å². The first-order valence-corrected chi connectivity index (χ1v) is 23.5. The van der Waals surface area contributed by atoms with Crippen LogP contribution in [0.3, 0.4) is 0 Å². The first-order valence-electron chi connectivity index (χ1n) is 20.5. The van der Waals surface area contributed by atoms with Crippen molar-refractivity contribution in [2.75, 3.05) is 0 Å². The van der Waals surface area contributed by atoms with Crippen LogP contribution in [0.1, 0.15) is 114 Å². The summed E-state index contributed by atoms with van der Waals surface area (Å²) in [6.45, 7) is 14.6. The van der Waals surface area contributed by atoms with Crippen LogP contribution >= 0.6 is 0 Å².